The van der Waals surface area contributed by atoms with Crippen LogP contribution in [0.2, 0.25) is 0 Å². The third kappa shape index (κ3) is 2.58. The Morgan fingerprint density at radius 3 is 2.96 bits per heavy atom. The molecule has 0 unspecified atom stereocenters. The van der Waals surface area contributed by atoms with Gasteiger partial charge in [-0.1, -0.05) is 24.7 Å². The molecular weight excluding hydrogens is 326 g/mol. The first-order chi connectivity index (χ1) is 12.4. The van der Waals surface area contributed by atoms with Gasteiger partial charge in [-0.2, -0.15) is 0 Å². The topological polar surface area (TPSA) is 58.9 Å². The molecule has 138 valence electrons. The average Bonchev–Trinajstić information content (AvgIpc) is 2.90. The standard InChI is InChI=1S/C22H27NO3/c1-13(2)12-26-15-5-7-16-14(10-15)4-6-18-17(16)8-9-22(3)19(18)11-20(23-25)21(22)24/h5,7,10,17-19,25H,1,4,6,8-9,11-12H2,2-3H3/t17-,18-,19+,22+/m0/s1. The van der Waals surface area contributed by atoms with Crippen LogP contribution in [0.15, 0.2) is 35.5 Å². The Balaban J connectivity index is 1.61. The number of benzene rings is 1. The lowest BCUT2D eigenvalue weighted by Crippen LogP contribution is -2.42. The fraction of sp³-hybridized carbons (Fsp3) is 0.545. The molecule has 4 nitrogen and oxygen atoms in total. The molecule has 3 aliphatic rings. The number of rotatable bonds is 3. The molecule has 0 aromatic heterocycles. The van der Waals surface area contributed by atoms with Crippen molar-refractivity contribution in [3.8, 4) is 5.75 Å². The van der Waals surface area contributed by atoms with Crippen molar-refractivity contribution >= 4 is 11.5 Å². The van der Waals surface area contributed by atoms with E-state index in [-0.39, 0.29) is 11.2 Å². The molecule has 1 aromatic carbocycles. The van der Waals surface area contributed by atoms with Gasteiger partial charge in [-0.15, -0.1) is 0 Å². The van der Waals surface area contributed by atoms with Crippen LogP contribution in [0.25, 0.3) is 0 Å². The van der Waals surface area contributed by atoms with Crippen molar-refractivity contribution in [1.82, 2.24) is 0 Å². The van der Waals surface area contributed by atoms with Gasteiger partial charge >= 0.3 is 0 Å². The summed E-state index contributed by atoms with van der Waals surface area (Å²) >= 11 is 0. The van der Waals surface area contributed by atoms with Gasteiger partial charge in [0.1, 0.15) is 18.1 Å². The monoisotopic (exact) mass is 353 g/mol. The van der Waals surface area contributed by atoms with Crippen LogP contribution in [0.5, 0.6) is 5.75 Å². The summed E-state index contributed by atoms with van der Waals surface area (Å²) in [7, 11) is 0. The van der Waals surface area contributed by atoms with Crippen molar-refractivity contribution in [2.75, 3.05) is 6.61 Å². The van der Waals surface area contributed by atoms with Crippen LogP contribution in [0.4, 0.5) is 0 Å². The van der Waals surface area contributed by atoms with E-state index in [1.807, 2.05) is 6.92 Å². The second-order valence-electron chi connectivity index (χ2n) is 8.56. The zero-order valence-corrected chi connectivity index (χ0v) is 15.6. The van der Waals surface area contributed by atoms with Crippen LogP contribution < -0.4 is 4.74 Å². The van der Waals surface area contributed by atoms with Crippen molar-refractivity contribution < 1.29 is 14.7 Å². The Kier molecular flexibility index (Phi) is 4.17. The summed E-state index contributed by atoms with van der Waals surface area (Å²) in [6.07, 6.45) is 4.65. The maximum absolute atomic E-state index is 12.7. The molecule has 0 radical (unpaired) electrons. The number of oxime groups is 1. The number of hydrogen-bond acceptors (Lipinski definition) is 4. The van der Waals surface area contributed by atoms with Gasteiger partial charge in [-0.3, -0.25) is 4.79 Å². The van der Waals surface area contributed by atoms with Gasteiger partial charge in [-0.05, 0) is 79.2 Å². The first kappa shape index (κ1) is 17.3. The molecule has 2 fully saturated rings. The van der Waals surface area contributed by atoms with E-state index in [1.54, 1.807) is 0 Å². The maximum atomic E-state index is 12.7. The number of hydrogen-bond donors (Lipinski definition) is 1. The summed E-state index contributed by atoms with van der Waals surface area (Å²) in [4.78, 5) is 12.7. The molecular formula is C22H27NO3. The molecule has 1 aromatic rings. The van der Waals surface area contributed by atoms with Crippen molar-refractivity contribution in [2.24, 2.45) is 22.4 Å². The lowest BCUT2D eigenvalue weighted by atomic mass is 9.55. The average molecular weight is 353 g/mol. The van der Waals surface area contributed by atoms with Crippen LogP contribution in [-0.2, 0) is 11.2 Å². The Bertz CT molecular complexity index is 797. The van der Waals surface area contributed by atoms with E-state index in [9.17, 15) is 10.0 Å². The van der Waals surface area contributed by atoms with Crippen LogP contribution >= 0.6 is 0 Å². The van der Waals surface area contributed by atoms with Gasteiger partial charge in [-0.25, -0.2) is 0 Å². The summed E-state index contributed by atoms with van der Waals surface area (Å²) in [5.74, 6) is 2.27. The smallest absolute Gasteiger partial charge is 0.186 e. The van der Waals surface area contributed by atoms with Crippen molar-refractivity contribution in [2.45, 2.75) is 51.9 Å². The first-order valence-corrected chi connectivity index (χ1v) is 9.60. The summed E-state index contributed by atoms with van der Waals surface area (Å²) < 4.78 is 5.81. The second kappa shape index (κ2) is 6.26. The van der Waals surface area contributed by atoms with E-state index in [0.29, 0.717) is 36.5 Å². The molecule has 0 bridgehead atoms. The molecule has 1 N–H and O–H groups in total. The van der Waals surface area contributed by atoms with Crippen LogP contribution in [-0.4, -0.2) is 23.3 Å². The van der Waals surface area contributed by atoms with Crippen LogP contribution in [0.3, 0.4) is 0 Å². The predicted octanol–water partition coefficient (Wildman–Crippen LogP) is 4.51. The molecule has 0 saturated heterocycles. The zero-order chi connectivity index (χ0) is 18.5. The predicted molar refractivity (Wildman–Crippen MR) is 101 cm³/mol. The molecule has 4 heteroatoms. The summed E-state index contributed by atoms with van der Waals surface area (Å²) in [5, 5.41) is 12.5. The van der Waals surface area contributed by atoms with Crippen LogP contribution in [0, 0.1) is 17.3 Å². The number of carbonyl (C=O) groups excluding carboxylic acids is 1. The van der Waals surface area contributed by atoms with E-state index >= 15 is 0 Å². The third-order valence-electron chi connectivity index (χ3n) is 6.89. The highest BCUT2D eigenvalue weighted by molar-refractivity contribution is 6.43. The van der Waals surface area contributed by atoms with Gasteiger partial charge in [0, 0.05) is 11.8 Å². The van der Waals surface area contributed by atoms with Crippen molar-refractivity contribution in [3.63, 3.8) is 0 Å². The van der Waals surface area contributed by atoms with E-state index in [2.05, 4.69) is 36.9 Å². The number of ether oxygens (including phenoxy) is 1. The van der Waals surface area contributed by atoms with Gasteiger partial charge in [0.25, 0.3) is 0 Å². The maximum Gasteiger partial charge on any atom is 0.186 e. The van der Waals surface area contributed by atoms with Crippen molar-refractivity contribution in [1.29, 1.82) is 0 Å². The SMILES string of the molecule is C=C(C)COc1ccc2c(c1)CC[C@@H]1[C@H]3CC(=NO)C(=O)[C@]3(C)CC[C@@H]21. The van der Waals surface area contributed by atoms with E-state index < -0.39 is 0 Å². The molecule has 3 aliphatic carbocycles. The largest absolute Gasteiger partial charge is 0.489 e. The number of fused-ring (bicyclic) bond motifs is 5. The molecule has 0 spiro atoms. The Hall–Kier alpha value is -2.10. The minimum atomic E-state index is -0.342. The normalized spacial score (nSPS) is 34.2. The van der Waals surface area contributed by atoms with E-state index in [0.717, 1.165) is 37.0 Å². The summed E-state index contributed by atoms with van der Waals surface area (Å²) in [5.41, 5.74) is 3.86. The van der Waals surface area contributed by atoms with Crippen molar-refractivity contribution in [3.05, 3.63) is 41.5 Å². The lowest BCUT2D eigenvalue weighted by Gasteiger charge is -2.47. The third-order valence-corrected chi connectivity index (χ3v) is 6.89. The number of nitrogens with zero attached hydrogens (tertiary/aromatic N) is 1. The van der Waals surface area contributed by atoms with E-state index in [4.69, 9.17) is 4.74 Å². The number of ketones is 1. The molecule has 0 heterocycles. The second-order valence-corrected chi connectivity index (χ2v) is 8.56. The number of aryl methyl sites for hydroxylation is 1. The van der Waals surface area contributed by atoms with Gasteiger partial charge in [0.15, 0.2) is 5.78 Å². The van der Waals surface area contributed by atoms with Gasteiger partial charge < -0.3 is 9.94 Å². The highest BCUT2D eigenvalue weighted by Gasteiger charge is 2.57. The summed E-state index contributed by atoms with van der Waals surface area (Å²) in [6, 6.07) is 6.47. The first-order valence-electron chi connectivity index (χ1n) is 9.60. The minimum absolute atomic E-state index is 0.0674. The molecule has 4 rings (SSSR count). The summed E-state index contributed by atoms with van der Waals surface area (Å²) in [6.45, 7) is 8.49. The lowest BCUT2D eigenvalue weighted by molar-refractivity contribution is -0.125. The van der Waals surface area contributed by atoms with Gasteiger partial charge in [0.2, 0.25) is 0 Å². The van der Waals surface area contributed by atoms with Crippen LogP contribution in [0.1, 0.15) is 56.6 Å². The fourth-order valence-electron chi connectivity index (χ4n) is 5.55. The Morgan fingerprint density at radius 1 is 1.42 bits per heavy atom. The zero-order valence-electron chi connectivity index (χ0n) is 15.6. The molecule has 0 aliphatic heterocycles. The molecule has 4 atom stereocenters. The fourth-order valence-corrected chi connectivity index (χ4v) is 5.55. The molecule has 0 amide bonds. The number of Topliss-reactive ketones (excluding diaryl/α,β-unsaturated/α-hetero) is 1. The van der Waals surface area contributed by atoms with Gasteiger partial charge in [0.05, 0.1) is 0 Å². The highest BCUT2D eigenvalue weighted by atomic mass is 16.5. The highest BCUT2D eigenvalue weighted by Crippen LogP contribution is 2.59. The minimum Gasteiger partial charge on any atom is -0.489 e. The Morgan fingerprint density at radius 2 is 2.23 bits per heavy atom. The quantitative estimate of drug-likeness (QED) is 0.494. The molecule has 2 saturated carbocycles. The number of carbonyl (C=O) groups is 1. The van der Waals surface area contributed by atoms with E-state index in [1.165, 1.54) is 11.1 Å². The Labute approximate surface area is 154 Å². The molecule has 26 heavy (non-hydrogen) atoms.